The zero-order valence-electron chi connectivity index (χ0n) is 6.06. The van der Waals surface area contributed by atoms with Gasteiger partial charge in [0.05, 0.1) is 9.13 Å². The van der Waals surface area contributed by atoms with Crippen molar-refractivity contribution in [2.75, 3.05) is 0 Å². The Morgan fingerprint density at radius 2 is 2.08 bits per heavy atom. The molecule has 0 aliphatic heterocycles. The SMILES string of the molecule is N#Cc1ncc(C(F)(F)F)cc1I. The molecular formula is C7H2F3IN2. The highest BCUT2D eigenvalue weighted by Gasteiger charge is 2.31. The van der Waals surface area contributed by atoms with Gasteiger partial charge in [0, 0.05) is 6.20 Å². The van der Waals surface area contributed by atoms with Gasteiger partial charge in [-0.2, -0.15) is 18.4 Å². The van der Waals surface area contributed by atoms with Crippen molar-refractivity contribution in [3.63, 3.8) is 0 Å². The van der Waals surface area contributed by atoms with E-state index in [0.29, 0.717) is 6.20 Å². The number of hydrogen-bond donors (Lipinski definition) is 0. The molecule has 1 rings (SSSR count). The van der Waals surface area contributed by atoms with E-state index in [9.17, 15) is 13.2 Å². The van der Waals surface area contributed by atoms with Gasteiger partial charge in [-0.3, -0.25) is 0 Å². The maximum atomic E-state index is 12.1. The van der Waals surface area contributed by atoms with Crippen molar-refractivity contribution < 1.29 is 13.2 Å². The molecule has 0 bridgehead atoms. The molecule has 0 saturated heterocycles. The van der Waals surface area contributed by atoms with Crippen molar-refractivity contribution in [1.82, 2.24) is 4.98 Å². The van der Waals surface area contributed by atoms with Crippen LogP contribution >= 0.6 is 22.6 Å². The minimum Gasteiger partial charge on any atom is -0.244 e. The van der Waals surface area contributed by atoms with E-state index in [4.69, 9.17) is 5.26 Å². The van der Waals surface area contributed by atoms with Gasteiger partial charge in [0.15, 0.2) is 5.69 Å². The first-order valence-electron chi connectivity index (χ1n) is 3.08. The number of nitrogens with zero attached hydrogens (tertiary/aromatic N) is 2. The van der Waals surface area contributed by atoms with Gasteiger partial charge in [-0.25, -0.2) is 4.98 Å². The highest BCUT2D eigenvalue weighted by molar-refractivity contribution is 14.1. The molecule has 6 heteroatoms. The molecular weight excluding hydrogens is 296 g/mol. The second-order valence-electron chi connectivity index (χ2n) is 2.16. The van der Waals surface area contributed by atoms with Crippen LogP contribution in [0.2, 0.25) is 0 Å². The van der Waals surface area contributed by atoms with E-state index in [2.05, 4.69) is 4.98 Å². The van der Waals surface area contributed by atoms with E-state index in [0.717, 1.165) is 6.07 Å². The molecule has 0 aliphatic carbocycles. The summed E-state index contributed by atoms with van der Waals surface area (Å²) in [6.07, 6.45) is -3.75. The summed E-state index contributed by atoms with van der Waals surface area (Å²) in [6.45, 7) is 0. The second kappa shape index (κ2) is 3.49. The first kappa shape index (κ1) is 10.2. The van der Waals surface area contributed by atoms with Gasteiger partial charge in [0.25, 0.3) is 0 Å². The van der Waals surface area contributed by atoms with E-state index < -0.39 is 11.7 Å². The Balaban J connectivity index is 3.20. The second-order valence-corrected chi connectivity index (χ2v) is 3.33. The Labute approximate surface area is 85.5 Å². The molecule has 0 atom stereocenters. The maximum Gasteiger partial charge on any atom is 0.417 e. The summed E-state index contributed by atoms with van der Waals surface area (Å²) in [4.78, 5) is 3.37. The third kappa shape index (κ3) is 2.30. The molecule has 0 amide bonds. The van der Waals surface area contributed by atoms with Crippen LogP contribution in [0, 0.1) is 14.9 Å². The average molecular weight is 298 g/mol. The third-order valence-corrected chi connectivity index (χ3v) is 2.10. The molecule has 0 N–H and O–H groups in total. The van der Waals surface area contributed by atoms with Crippen LogP contribution in [0.15, 0.2) is 12.3 Å². The van der Waals surface area contributed by atoms with Crippen molar-refractivity contribution in [2.45, 2.75) is 6.18 Å². The van der Waals surface area contributed by atoms with Crippen molar-refractivity contribution in [3.05, 3.63) is 27.1 Å². The molecule has 1 heterocycles. The fourth-order valence-corrected chi connectivity index (χ4v) is 1.27. The minimum atomic E-state index is -4.40. The van der Waals surface area contributed by atoms with Crippen LogP contribution in [-0.4, -0.2) is 4.98 Å². The first-order valence-corrected chi connectivity index (χ1v) is 4.16. The number of rotatable bonds is 0. The number of pyridine rings is 1. The quantitative estimate of drug-likeness (QED) is 0.690. The van der Waals surface area contributed by atoms with Gasteiger partial charge < -0.3 is 0 Å². The summed E-state index contributed by atoms with van der Waals surface area (Å²) in [5.41, 5.74) is -0.829. The van der Waals surface area contributed by atoms with Crippen LogP contribution < -0.4 is 0 Å². The number of halogens is 4. The Morgan fingerprint density at radius 1 is 1.46 bits per heavy atom. The Morgan fingerprint density at radius 3 is 2.46 bits per heavy atom. The normalized spacial score (nSPS) is 11.0. The summed E-state index contributed by atoms with van der Waals surface area (Å²) in [6, 6.07) is 2.58. The van der Waals surface area contributed by atoms with Crippen LogP contribution in [0.1, 0.15) is 11.3 Å². The van der Waals surface area contributed by atoms with Gasteiger partial charge >= 0.3 is 6.18 Å². The van der Waals surface area contributed by atoms with Gasteiger partial charge in [-0.05, 0) is 28.7 Å². The molecule has 0 aliphatic rings. The lowest BCUT2D eigenvalue weighted by Gasteiger charge is -2.05. The van der Waals surface area contributed by atoms with Crippen LogP contribution in [0.4, 0.5) is 13.2 Å². The van der Waals surface area contributed by atoms with Gasteiger partial charge in [0.1, 0.15) is 6.07 Å². The van der Waals surface area contributed by atoms with E-state index in [-0.39, 0.29) is 9.26 Å². The summed E-state index contributed by atoms with van der Waals surface area (Å²) < 4.78 is 36.4. The topological polar surface area (TPSA) is 36.7 Å². The summed E-state index contributed by atoms with van der Waals surface area (Å²) in [5, 5.41) is 8.41. The molecule has 0 saturated carbocycles. The summed E-state index contributed by atoms with van der Waals surface area (Å²) in [5.74, 6) is 0. The fraction of sp³-hybridized carbons (Fsp3) is 0.143. The molecule has 13 heavy (non-hydrogen) atoms. The highest BCUT2D eigenvalue weighted by atomic mass is 127. The Bertz CT molecular complexity index is 367. The predicted molar refractivity (Wildman–Crippen MR) is 46.7 cm³/mol. The number of nitriles is 1. The van der Waals surface area contributed by atoms with E-state index >= 15 is 0 Å². The predicted octanol–water partition coefficient (Wildman–Crippen LogP) is 2.58. The van der Waals surface area contributed by atoms with Crippen molar-refractivity contribution >= 4 is 22.6 Å². The molecule has 1 aromatic heterocycles. The lowest BCUT2D eigenvalue weighted by Crippen LogP contribution is -2.06. The van der Waals surface area contributed by atoms with Crippen LogP contribution in [-0.2, 0) is 6.18 Å². The van der Waals surface area contributed by atoms with Crippen molar-refractivity contribution in [3.8, 4) is 6.07 Å². The average Bonchev–Trinajstić information content (AvgIpc) is 2.02. The third-order valence-electron chi connectivity index (χ3n) is 1.27. The van der Waals surface area contributed by atoms with E-state index in [1.165, 1.54) is 0 Å². The molecule has 0 radical (unpaired) electrons. The standard InChI is InChI=1S/C7H2F3IN2/c8-7(9,10)4-1-5(11)6(2-12)13-3-4/h1,3H. The van der Waals surface area contributed by atoms with Crippen molar-refractivity contribution in [1.29, 1.82) is 5.26 Å². The van der Waals surface area contributed by atoms with Crippen LogP contribution in [0.5, 0.6) is 0 Å². The highest BCUT2D eigenvalue weighted by Crippen LogP contribution is 2.29. The van der Waals surface area contributed by atoms with Gasteiger partial charge in [-0.15, -0.1) is 0 Å². The Kier molecular flexibility index (Phi) is 2.75. The number of alkyl halides is 3. The lowest BCUT2D eigenvalue weighted by atomic mass is 10.2. The van der Waals surface area contributed by atoms with Crippen LogP contribution in [0.3, 0.4) is 0 Å². The zero-order chi connectivity index (χ0) is 10.1. The summed E-state index contributed by atoms with van der Waals surface area (Å²) >= 11 is 1.64. The largest absolute Gasteiger partial charge is 0.417 e. The molecule has 2 nitrogen and oxygen atoms in total. The molecule has 0 aromatic carbocycles. The molecule has 1 aromatic rings. The van der Waals surface area contributed by atoms with Gasteiger partial charge in [0.2, 0.25) is 0 Å². The molecule has 0 fully saturated rings. The summed E-state index contributed by atoms with van der Waals surface area (Å²) in [7, 11) is 0. The van der Waals surface area contributed by atoms with Crippen LogP contribution in [0.25, 0.3) is 0 Å². The number of aromatic nitrogens is 1. The Hall–Kier alpha value is -0.840. The lowest BCUT2D eigenvalue weighted by molar-refractivity contribution is -0.137. The minimum absolute atomic E-state index is 0.00796. The molecule has 0 spiro atoms. The number of hydrogen-bond acceptors (Lipinski definition) is 2. The maximum absolute atomic E-state index is 12.1. The smallest absolute Gasteiger partial charge is 0.244 e. The van der Waals surface area contributed by atoms with Crippen molar-refractivity contribution in [2.24, 2.45) is 0 Å². The fourth-order valence-electron chi connectivity index (χ4n) is 0.675. The first-order chi connectivity index (χ1) is 5.95. The van der Waals surface area contributed by atoms with E-state index in [1.54, 1.807) is 28.7 Å². The zero-order valence-corrected chi connectivity index (χ0v) is 8.22. The molecule has 0 unspecified atom stereocenters. The molecule has 68 valence electrons. The van der Waals surface area contributed by atoms with Gasteiger partial charge in [-0.1, -0.05) is 0 Å². The monoisotopic (exact) mass is 298 g/mol. The van der Waals surface area contributed by atoms with E-state index in [1.807, 2.05) is 0 Å².